The third-order valence-corrected chi connectivity index (χ3v) is 2.63. The standard InChI is InChI=1S/C13H10BrNO2/c14-11-5-3-4-10(8-11)13(16)17-9-12-6-1-2-7-15-12/h1-8H,9H2. The largest absolute Gasteiger partial charge is 0.456 e. The van der Waals surface area contributed by atoms with E-state index < -0.39 is 0 Å². The molecule has 1 heterocycles. The van der Waals surface area contributed by atoms with Crippen LogP contribution in [0.5, 0.6) is 0 Å². The lowest BCUT2D eigenvalue weighted by molar-refractivity contribution is 0.0467. The van der Waals surface area contributed by atoms with Gasteiger partial charge < -0.3 is 4.74 Å². The summed E-state index contributed by atoms with van der Waals surface area (Å²) in [5, 5.41) is 0. The number of nitrogens with zero attached hydrogens (tertiary/aromatic N) is 1. The molecule has 2 aromatic rings. The van der Waals surface area contributed by atoms with Gasteiger partial charge >= 0.3 is 5.97 Å². The van der Waals surface area contributed by atoms with Crippen molar-refractivity contribution in [3.8, 4) is 0 Å². The molecular weight excluding hydrogens is 282 g/mol. The van der Waals surface area contributed by atoms with Crippen molar-refractivity contribution in [2.75, 3.05) is 0 Å². The van der Waals surface area contributed by atoms with E-state index in [0.29, 0.717) is 5.56 Å². The predicted molar refractivity (Wildman–Crippen MR) is 67.5 cm³/mol. The number of esters is 1. The first-order chi connectivity index (χ1) is 8.25. The van der Waals surface area contributed by atoms with Gasteiger partial charge in [0.1, 0.15) is 6.61 Å². The van der Waals surface area contributed by atoms with Crippen LogP contribution in [0.4, 0.5) is 0 Å². The van der Waals surface area contributed by atoms with Crippen LogP contribution in [0.3, 0.4) is 0 Å². The van der Waals surface area contributed by atoms with Crippen molar-refractivity contribution in [2.24, 2.45) is 0 Å². The number of rotatable bonds is 3. The third kappa shape index (κ3) is 3.39. The van der Waals surface area contributed by atoms with Crippen molar-refractivity contribution in [3.05, 3.63) is 64.4 Å². The molecular formula is C13H10BrNO2. The molecule has 0 aliphatic heterocycles. The van der Waals surface area contributed by atoms with Gasteiger partial charge in [-0.3, -0.25) is 4.98 Å². The monoisotopic (exact) mass is 291 g/mol. The number of carbonyl (C=O) groups excluding carboxylic acids is 1. The van der Waals surface area contributed by atoms with Gasteiger partial charge in [-0.25, -0.2) is 4.79 Å². The van der Waals surface area contributed by atoms with Gasteiger partial charge in [0, 0.05) is 10.7 Å². The molecule has 0 aliphatic rings. The maximum absolute atomic E-state index is 11.7. The van der Waals surface area contributed by atoms with Crippen LogP contribution in [-0.4, -0.2) is 11.0 Å². The van der Waals surface area contributed by atoms with Crippen LogP contribution in [0, 0.1) is 0 Å². The Morgan fingerprint density at radius 2 is 2.12 bits per heavy atom. The molecule has 4 heteroatoms. The molecule has 0 bridgehead atoms. The zero-order valence-electron chi connectivity index (χ0n) is 8.97. The quantitative estimate of drug-likeness (QED) is 0.815. The van der Waals surface area contributed by atoms with Gasteiger partial charge in [-0.05, 0) is 30.3 Å². The van der Waals surface area contributed by atoms with Crippen LogP contribution in [0.1, 0.15) is 16.1 Å². The third-order valence-electron chi connectivity index (χ3n) is 2.14. The van der Waals surface area contributed by atoms with Crippen LogP contribution in [0.25, 0.3) is 0 Å². The Morgan fingerprint density at radius 3 is 2.82 bits per heavy atom. The van der Waals surface area contributed by atoms with Crippen molar-refractivity contribution in [3.63, 3.8) is 0 Å². The number of hydrogen-bond donors (Lipinski definition) is 0. The zero-order chi connectivity index (χ0) is 12.1. The van der Waals surface area contributed by atoms with Crippen molar-refractivity contribution >= 4 is 21.9 Å². The van der Waals surface area contributed by atoms with Crippen LogP contribution >= 0.6 is 15.9 Å². The normalized spacial score (nSPS) is 9.94. The maximum atomic E-state index is 11.7. The number of halogens is 1. The first-order valence-corrected chi connectivity index (χ1v) is 5.87. The van der Waals surface area contributed by atoms with E-state index in [1.807, 2.05) is 24.3 Å². The molecule has 0 unspecified atom stereocenters. The van der Waals surface area contributed by atoms with E-state index in [1.165, 1.54) is 0 Å². The number of pyridine rings is 1. The number of carbonyl (C=O) groups is 1. The van der Waals surface area contributed by atoms with Gasteiger partial charge in [0.15, 0.2) is 0 Å². The summed E-state index contributed by atoms with van der Waals surface area (Å²) in [6.45, 7) is 0.187. The Kier molecular flexibility index (Phi) is 3.88. The van der Waals surface area contributed by atoms with Gasteiger partial charge in [-0.15, -0.1) is 0 Å². The average molecular weight is 292 g/mol. The topological polar surface area (TPSA) is 39.2 Å². The van der Waals surface area contributed by atoms with Gasteiger partial charge in [-0.1, -0.05) is 28.1 Å². The summed E-state index contributed by atoms with van der Waals surface area (Å²) < 4.78 is 6.00. The molecule has 0 radical (unpaired) electrons. The lowest BCUT2D eigenvalue weighted by atomic mass is 10.2. The first-order valence-electron chi connectivity index (χ1n) is 5.08. The number of ether oxygens (including phenoxy) is 1. The predicted octanol–water partition coefficient (Wildman–Crippen LogP) is 3.20. The highest BCUT2D eigenvalue weighted by molar-refractivity contribution is 9.10. The lowest BCUT2D eigenvalue weighted by Gasteiger charge is -2.04. The molecule has 0 N–H and O–H groups in total. The Bertz CT molecular complexity index is 514. The highest BCUT2D eigenvalue weighted by Crippen LogP contribution is 2.13. The summed E-state index contributed by atoms with van der Waals surface area (Å²) in [6.07, 6.45) is 1.67. The second kappa shape index (κ2) is 5.59. The summed E-state index contributed by atoms with van der Waals surface area (Å²) >= 11 is 3.31. The molecule has 0 aliphatic carbocycles. The van der Waals surface area contributed by atoms with Crippen molar-refractivity contribution in [1.29, 1.82) is 0 Å². The van der Waals surface area contributed by atoms with E-state index in [0.717, 1.165) is 10.2 Å². The fourth-order valence-electron chi connectivity index (χ4n) is 1.32. The minimum absolute atomic E-state index is 0.187. The van der Waals surface area contributed by atoms with Crippen molar-refractivity contribution in [1.82, 2.24) is 4.98 Å². The number of benzene rings is 1. The Labute approximate surface area is 108 Å². The zero-order valence-corrected chi connectivity index (χ0v) is 10.6. The summed E-state index contributed by atoms with van der Waals surface area (Å²) in [4.78, 5) is 15.8. The van der Waals surface area contributed by atoms with Crippen LogP contribution < -0.4 is 0 Å². The highest BCUT2D eigenvalue weighted by atomic mass is 79.9. The molecule has 17 heavy (non-hydrogen) atoms. The van der Waals surface area contributed by atoms with E-state index >= 15 is 0 Å². The SMILES string of the molecule is O=C(OCc1ccccn1)c1cccc(Br)c1. The summed E-state index contributed by atoms with van der Waals surface area (Å²) in [5.41, 5.74) is 1.26. The second-order valence-electron chi connectivity index (χ2n) is 3.41. The summed E-state index contributed by atoms with van der Waals surface area (Å²) in [7, 11) is 0. The lowest BCUT2D eigenvalue weighted by Crippen LogP contribution is -2.05. The molecule has 1 aromatic heterocycles. The fourth-order valence-corrected chi connectivity index (χ4v) is 1.72. The van der Waals surface area contributed by atoms with Crippen LogP contribution in [0.15, 0.2) is 53.1 Å². The molecule has 0 atom stereocenters. The molecule has 1 aromatic carbocycles. The first kappa shape index (κ1) is 11.8. The molecule has 86 valence electrons. The average Bonchev–Trinajstić information content (AvgIpc) is 2.37. The minimum atomic E-state index is -0.350. The maximum Gasteiger partial charge on any atom is 0.338 e. The van der Waals surface area contributed by atoms with E-state index in [2.05, 4.69) is 20.9 Å². The summed E-state index contributed by atoms with van der Waals surface area (Å²) in [5.74, 6) is -0.350. The Balaban J connectivity index is 1.98. The highest BCUT2D eigenvalue weighted by Gasteiger charge is 2.07. The Morgan fingerprint density at radius 1 is 1.24 bits per heavy atom. The van der Waals surface area contributed by atoms with Crippen LogP contribution in [0.2, 0.25) is 0 Å². The van der Waals surface area contributed by atoms with E-state index in [4.69, 9.17) is 4.74 Å². The molecule has 0 spiro atoms. The van der Waals surface area contributed by atoms with Gasteiger partial charge in [0.2, 0.25) is 0 Å². The second-order valence-corrected chi connectivity index (χ2v) is 4.32. The fraction of sp³-hybridized carbons (Fsp3) is 0.0769. The van der Waals surface area contributed by atoms with E-state index in [1.54, 1.807) is 24.4 Å². The van der Waals surface area contributed by atoms with Crippen molar-refractivity contribution < 1.29 is 9.53 Å². The molecule has 0 saturated carbocycles. The molecule has 0 saturated heterocycles. The van der Waals surface area contributed by atoms with Gasteiger partial charge in [0.05, 0.1) is 11.3 Å². The van der Waals surface area contributed by atoms with E-state index in [9.17, 15) is 4.79 Å². The van der Waals surface area contributed by atoms with E-state index in [-0.39, 0.29) is 12.6 Å². The van der Waals surface area contributed by atoms with Gasteiger partial charge in [0.25, 0.3) is 0 Å². The smallest absolute Gasteiger partial charge is 0.338 e. The molecule has 0 amide bonds. The van der Waals surface area contributed by atoms with Crippen LogP contribution in [-0.2, 0) is 11.3 Å². The molecule has 2 rings (SSSR count). The number of aromatic nitrogens is 1. The molecule has 0 fully saturated rings. The minimum Gasteiger partial charge on any atom is -0.456 e. The summed E-state index contributed by atoms with van der Waals surface area (Å²) in [6, 6.07) is 12.6. The molecule has 3 nitrogen and oxygen atoms in total. The Hall–Kier alpha value is -1.68. The van der Waals surface area contributed by atoms with Crippen molar-refractivity contribution in [2.45, 2.75) is 6.61 Å². The number of hydrogen-bond acceptors (Lipinski definition) is 3. The van der Waals surface area contributed by atoms with Gasteiger partial charge in [-0.2, -0.15) is 0 Å².